The molecule has 2 aromatic rings. The monoisotopic (exact) mass is 295 g/mol. The molecule has 2 aromatic carbocycles. The molecule has 0 fully saturated rings. The van der Waals surface area contributed by atoms with Crippen LogP contribution in [0.2, 0.25) is 0 Å². The molecule has 22 heavy (non-hydrogen) atoms. The zero-order valence-electron chi connectivity index (χ0n) is 12.2. The lowest BCUT2D eigenvalue weighted by Crippen LogP contribution is -2.45. The largest absolute Gasteiger partial charge is 0.365 e. The first-order valence-corrected chi connectivity index (χ1v) is 7.08. The zero-order valence-corrected chi connectivity index (χ0v) is 12.2. The summed E-state index contributed by atoms with van der Waals surface area (Å²) in [6, 6.07) is 17.7. The highest BCUT2D eigenvalue weighted by Gasteiger charge is 2.44. The Balaban J connectivity index is 1.88. The van der Waals surface area contributed by atoms with E-state index in [0.717, 1.165) is 5.01 Å². The second-order valence-corrected chi connectivity index (χ2v) is 5.30. The number of rotatable bonds is 2. The van der Waals surface area contributed by atoms with E-state index in [9.17, 15) is 9.90 Å². The minimum atomic E-state index is -1.45. The van der Waals surface area contributed by atoms with E-state index in [-0.39, 0.29) is 0 Å². The smallest absolute Gasteiger partial charge is 0.345 e. The van der Waals surface area contributed by atoms with Crippen LogP contribution in [0.3, 0.4) is 0 Å². The van der Waals surface area contributed by atoms with E-state index >= 15 is 0 Å². The summed E-state index contributed by atoms with van der Waals surface area (Å²) >= 11 is 0. The van der Waals surface area contributed by atoms with Gasteiger partial charge in [-0.3, -0.25) is 0 Å². The quantitative estimate of drug-likeness (QED) is 0.894. The highest BCUT2D eigenvalue weighted by Crippen LogP contribution is 2.35. The number of nitrogens with zero attached hydrogens (tertiary/aromatic N) is 2. The number of aliphatic hydroxyl groups is 1. The molecule has 0 saturated heterocycles. The fourth-order valence-electron chi connectivity index (χ4n) is 2.56. The maximum absolute atomic E-state index is 12.5. The van der Waals surface area contributed by atoms with Gasteiger partial charge in [0, 0.05) is 23.4 Å². The van der Waals surface area contributed by atoms with Crippen molar-refractivity contribution in [3.8, 4) is 0 Å². The number of hydrogen-bond donors (Lipinski definition) is 2. The molecule has 3 rings (SSSR count). The Hall–Kier alpha value is -2.66. The van der Waals surface area contributed by atoms with Gasteiger partial charge in [0.15, 0.2) is 5.72 Å². The summed E-state index contributed by atoms with van der Waals surface area (Å²) in [4.78, 5) is 12.5. The number of nitrogens with one attached hydrogen (secondary N) is 1. The van der Waals surface area contributed by atoms with Gasteiger partial charge in [-0.05, 0) is 19.1 Å². The zero-order chi connectivity index (χ0) is 15.6. The number of amides is 2. The van der Waals surface area contributed by atoms with Crippen molar-refractivity contribution < 1.29 is 9.90 Å². The number of benzene rings is 2. The Morgan fingerprint density at radius 3 is 2.36 bits per heavy atom. The van der Waals surface area contributed by atoms with Crippen LogP contribution in [0.15, 0.2) is 65.8 Å². The second-order valence-electron chi connectivity index (χ2n) is 5.30. The van der Waals surface area contributed by atoms with Crippen molar-refractivity contribution in [3.05, 3.63) is 66.2 Å². The van der Waals surface area contributed by atoms with Crippen molar-refractivity contribution in [2.45, 2.75) is 19.1 Å². The Morgan fingerprint density at radius 2 is 1.73 bits per heavy atom. The summed E-state index contributed by atoms with van der Waals surface area (Å²) in [5.74, 6) is 0. The molecule has 0 radical (unpaired) electrons. The van der Waals surface area contributed by atoms with Gasteiger partial charge in [-0.1, -0.05) is 48.5 Å². The number of hydrazone groups is 1. The molecule has 2 amide bonds. The van der Waals surface area contributed by atoms with Gasteiger partial charge in [0.25, 0.3) is 0 Å². The van der Waals surface area contributed by atoms with Gasteiger partial charge in [0.1, 0.15) is 0 Å². The number of anilines is 1. The average molecular weight is 295 g/mol. The predicted molar refractivity (Wildman–Crippen MR) is 85.4 cm³/mol. The van der Waals surface area contributed by atoms with E-state index < -0.39 is 11.8 Å². The summed E-state index contributed by atoms with van der Waals surface area (Å²) in [5.41, 5.74) is 0.542. The average Bonchev–Trinajstić information content (AvgIpc) is 2.85. The Morgan fingerprint density at radius 1 is 1.14 bits per heavy atom. The molecule has 1 heterocycles. The van der Waals surface area contributed by atoms with Crippen molar-refractivity contribution in [1.29, 1.82) is 0 Å². The van der Waals surface area contributed by atoms with E-state index in [0.29, 0.717) is 23.4 Å². The molecule has 1 aliphatic rings. The van der Waals surface area contributed by atoms with E-state index in [1.807, 2.05) is 36.4 Å². The van der Waals surface area contributed by atoms with Crippen LogP contribution in [0.5, 0.6) is 0 Å². The Bertz CT molecular complexity index is 700. The molecular formula is C17H17N3O2. The molecule has 0 bridgehead atoms. The molecular weight excluding hydrogens is 278 g/mol. The lowest BCUT2D eigenvalue weighted by molar-refractivity contribution is -0.0671. The highest BCUT2D eigenvalue weighted by molar-refractivity contribution is 5.94. The first-order valence-electron chi connectivity index (χ1n) is 7.08. The van der Waals surface area contributed by atoms with Crippen LogP contribution in [0, 0.1) is 0 Å². The molecule has 0 aliphatic carbocycles. The van der Waals surface area contributed by atoms with Gasteiger partial charge in [-0.25, -0.2) is 4.79 Å². The van der Waals surface area contributed by atoms with Crippen LogP contribution in [0.4, 0.5) is 10.5 Å². The summed E-state index contributed by atoms with van der Waals surface area (Å²) < 4.78 is 0. The van der Waals surface area contributed by atoms with Crippen LogP contribution in [0.1, 0.15) is 18.9 Å². The van der Waals surface area contributed by atoms with Crippen LogP contribution in [-0.4, -0.2) is 21.9 Å². The molecule has 1 atom stereocenters. The van der Waals surface area contributed by atoms with Gasteiger partial charge in [-0.2, -0.15) is 10.1 Å². The molecule has 1 aliphatic heterocycles. The second kappa shape index (κ2) is 5.61. The number of carbonyl (C=O) groups excluding carboxylic acids is 1. The maximum Gasteiger partial charge on any atom is 0.345 e. The molecule has 0 aromatic heterocycles. The summed E-state index contributed by atoms with van der Waals surface area (Å²) in [5, 5.41) is 19.1. The molecule has 2 N–H and O–H groups in total. The summed E-state index contributed by atoms with van der Waals surface area (Å²) in [6.45, 7) is 1.80. The van der Waals surface area contributed by atoms with Crippen molar-refractivity contribution in [2.75, 3.05) is 5.32 Å². The highest BCUT2D eigenvalue weighted by atomic mass is 16.3. The molecule has 0 saturated carbocycles. The van der Waals surface area contributed by atoms with Gasteiger partial charge >= 0.3 is 6.03 Å². The number of hydrogen-bond acceptors (Lipinski definition) is 3. The SMILES string of the molecule is CC1=NN(C(=O)Nc2ccccc2)C(O)(c2ccccc2)C1. The third kappa shape index (κ3) is 2.58. The van der Waals surface area contributed by atoms with Crippen molar-refractivity contribution >= 4 is 17.4 Å². The van der Waals surface area contributed by atoms with Crippen molar-refractivity contribution in [2.24, 2.45) is 5.10 Å². The van der Waals surface area contributed by atoms with Crippen LogP contribution in [-0.2, 0) is 5.72 Å². The van der Waals surface area contributed by atoms with Gasteiger partial charge < -0.3 is 10.4 Å². The van der Waals surface area contributed by atoms with Gasteiger partial charge in [0.2, 0.25) is 0 Å². The van der Waals surface area contributed by atoms with E-state index in [1.165, 1.54) is 0 Å². The lowest BCUT2D eigenvalue weighted by Gasteiger charge is -2.31. The first kappa shape index (κ1) is 14.3. The van der Waals surface area contributed by atoms with Crippen LogP contribution >= 0.6 is 0 Å². The topological polar surface area (TPSA) is 64.9 Å². The fraction of sp³-hybridized carbons (Fsp3) is 0.176. The minimum Gasteiger partial charge on any atom is -0.365 e. The standard InChI is InChI=1S/C17H17N3O2/c1-13-12-17(22,14-8-4-2-5-9-14)20(19-13)16(21)18-15-10-6-3-7-11-15/h2-11,22H,12H2,1H3,(H,18,21). The fourth-order valence-corrected chi connectivity index (χ4v) is 2.56. The maximum atomic E-state index is 12.5. The molecule has 5 heteroatoms. The molecule has 0 spiro atoms. The third-order valence-corrected chi connectivity index (χ3v) is 3.58. The number of para-hydroxylation sites is 1. The first-order chi connectivity index (χ1) is 10.6. The number of urea groups is 1. The third-order valence-electron chi connectivity index (χ3n) is 3.58. The summed E-state index contributed by atoms with van der Waals surface area (Å²) in [6.07, 6.45) is 0.291. The Kier molecular flexibility index (Phi) is 3.65. The van der Waals surface area contributed by atoms with Gasteiger partial charge in [-0.15, -0.1) is 0 Å². The van der Waals surface area contributed by atoms with E-state index in [4.69, 9.17) is 0 Å². The minimum absolute atomic E-state index is 0.291. The lowest BCUT2D eigenvalue weighted by atomic mass is 9.98. The van der Waals surface area contributed by atoms with E-state index in [1.54, 1.807) is 31.2 Å². The number of carbonyl (C=O) groups is 1. The van der Waals surface area contributed by atoms with Crippen LogP contribution in [0.25, 0.3) is 0 Å². The van der Waals surface area contributed by atoms with E-state index in [2.05, 4.69) is 10.4 Å². The summed E-state index contributed by atoms with van der Waals surface area (Å²) in [7, 11) is 0. The van der Waals surface area contributed by atoms with Crippen molar-refractivity contribution in [3.63, 3.8) is 0 Å². The molecule has 5 nitrogen and oxygen atoms in total. The predicted octanol–water partition coefficient (Wildman–Crippen LogP) is 3.15. The molecule has 112 valence electrons. The molecule has 1 unspecified atom stereocenters. The Labute approximate surface area is 128 Å². The van der Waals surface area contributed by atoms with Gasteiger partial charge in [0.05, 0.1) is 0 Å². The normalized spacial score (nSPS) is 20.6. The van der Waals surface area contributed by atoms with Crippen LogP contribution < -0.4 is 5.32 Å². The van der Waals surface area contributed by atoms with Crippen molar-refractivity contribution in [1.82, 2.24) is 5.01 Å².